The number of rotatable bonds is 12. The van der Waals surface area contributed by atoms with Crippen molar-refractivity contribution < 1.29 is 0 Å². The number of unbranched alkanes of at least 4 members (excludes halogenated alkanes) is 4. The Morgan fingerprint density at radius 1 is 0.531 bits per heavy atom. The molecule has 32 heavy (non-hydrogen) atoms. The van der Waals surface area contributed by atoms with Crippen LogP contribution in [0.5, 0.6) is 0 Å². The number of allylic oxidation sites excluding steroid dienone is 4. The normalized spacial score (nSPS) is 10.7. The Balaban J connectivity index is 1.75. The molecule has 0 heteroatoms. The largest absolute Gasteiger partial charge is 0.0885 e. The summed E-state index contributed by atoms with van der Waals surface area (Å²) in [5.41, 5.74) is 4.75. The highest BCUT2D eigenvalue weighted by atomic mass is 14.0. The molecule has 0 unspecified atom stereocenters. The van der Waals surface area contributed by atoms with Crippen molar-refractivity contribution >= 4 is 0 Å². The van der Waals surface area contributed by atoms with Crippen LogP contribution in [0.15, 0.2) is 72.8 Å². The van der Waals surface area contributed by atoms with Gasteiger partial charge in [0.15, 0.2) is 0 Å². The molecule has 0 aliphatic rings. The first-order valence-corrected chi connectivity index (χ1v) is 12.3. The maximum absolute atomic E-state index is 3.15. The van der Waals surface area contributed by atoms with E-state index in [0.29, 0.717) is 0 Å². The van der Waals surface area contributed by atoms with Crippen LogP contribution in [-0.4, -0.2) is 0 Å². The van der Waals surface area contributed by atoms with Crippen LogP contribution in [0.2, 0.25) is 0 Å². The molecule has 2 aromatic rings. The number of hydrogen-bond donors (Lipinski definition) is 0. The summed E-state index contributed by atoms with van der Waals surface area (Å²) in [5.74, 6) is 12.3. The van der Waals surface area contributed by atoms with Crippen LogP contribution in [0.25, 0.3) is 0 Å². The monoisotopic (exact) mass is 422 g/mol. The topological polar surface area (TPSA) is 0 Å². The second-order valence-corrected chi connectivity index (χ2v) is 8.20. The summed E-state index contributed by atoms with van der Waals surface area (Å²) in [6.07, 6.45) is 21.1. The number of hydrogen-bond acceptors (Lipinski definition) is 0. The lowest BCUT2D eigenvalue weighted by atomic mass is 10.1. The zero-order valence-electron chi connectivity index (χ0n) is 20.0. The Kier molecular flexibility index (Phi) is 13.2. The molecule has 0 saturated carbocycles. The fraction of sp³-hybridized carbons (Fsp3) is 0.375. The third-order valence-electron chi connectivity index (χ3n) is 5.37. The molecule has 0 spiro atoms. The first-order chi connectivity index (χ1) is 15.8. The molecule has 0 aromatic heterocycles. The lowest BCUT2D eigenvalue weighted by molar-refractivity contribution is 0.811. The second-order valence-electron chi connectivity index (χ2n) is 8.20. The third-order valence-corrected chi connectivity index (χ3v) is 5.37. The van der Waals surface area contributed by atoms with E-state index in [9.17, 15) is 0 Å². The quantitative estimate of drug-likeness (QED) is 0.183. The first-order valence-electron chi connectivity index (χ1n) is 12.3. The van der Waals surface area contributed by atoms with Gasteiger partial charge < -0.3 is 0 Å². The molecule has 0 N–H and O–H groups in total. The molecule has 166 valence electrons. The van der Waals surface area contributed by atoms with Gasteiger partial charge in [0.05, 0.1) is 0 Å². The van der Waals surface area contributed by atoms with E-state index in [4.69, 9.17) is 0 Å². The van der Waals surface area contributed by atoms with Crippen LogP contribution >= 0.6 is 0 Å². The van der Waals surface area contributed by atoms with Gasteiger partial charge in [0.2, 0.25) is 0 Å². The molecule has 0 heterocycles. The molecule has 2 aromatic carbocycles. The van der Waals surface area contributed by atoms with Gasteiger partial charge in [-0.25, -0.2) is 0 Å². The molecule has 0 radical (unpaired) electrons. The molecule has 0 fully saturated rings. The predicted molar refractivity (Wildman–Crippen MR) is 141 cm³/mol. The summed E-state index contributed by atoms with van der Waals surface area (Å²) in [6, 6.07) is 17.1. The molecule has 0 bridgehead atoms. The van der Waals surface area contributed by atoms with Gasteiger partial charge in [-0.05, 0) is 85.8 Å². The van der Waals surface area contributed by atoms with Gasteiger partial charge in [-0.1, -0.05) is 99.9 Å². The van der Waals surface area contributed by atoms with Crippen molar-refractivity contribution in [3.8, 4) is 23.7 Å². The van der Waals surface area contributed by atoms with Gasteiger partial charge in [-0.3, -0.25) is 0 Å². The maximum Gasteiger partial charge on any atom is 0.0255 e. The van der Waals surface area contributed by atoms with Gasteiger partial charge in [0.1, 0.15) is 0 Å². The van der Waals surface area contributed by atoms with E-state index in [2.05, 4.69) is 110 Å². The summed E-state index contributed by atoms with van der Waals surface area (Å²) >= 11 is 0. The summed E-state index contributed by atoms with van der Waals surface area (Å²) < 4.78 is 0. The maximum atomic E-state index is 3.15. The van der Waals surface area contributed by atoms with Crippen molar-refractivity contribution in [1.29, 1.82) is 0 Å². The van der Waals surface area contributed by atoms with E-state index in [1.807, 2.05) is 0 Å². The molecule has 0 nitrogen and oxygen atoms in total. The molecule has 0 aliphatic heterocycles. The molecule has 0 saturated heterocycles. The second kappa shape index (κ2) is 16.7. The minimum atomic E-state index is 1.02. The van der Waals surface area contributed by atoms with Crippen LogP contribution in [0, 0.1) is 23.7 Å². The van der Waals surface area contributed by atoms with Crippen molar-refractivity contribution in [2.75, 3.05) is 0 Å². The average molecular weight is 423 g/mol. The van der Waals surface area contributed by atoms with Gasteiger partial charge in [-0.2, -0.15) is 0 Å². The van der Waals surface area contributed by atoms with Gasteiger partial charge in [0.25, 0.3) is 0 Å². The van der Waals surface area contributed by atoms with Crippen molar-refractivity contribution in [2.24, 2.45) is 0 Å². The summed E-state index contributed by atoms with van der Waals surface area (Å²) in [5, 5.41) is 0. The zero-order valence-corrected chi connectivity index (χ0v) is 20.0. The Morgan fingerprint density at radius 2 is 0.906 bits per heavy atom. The molecule has 0 aliphatic carbocycles. The van der Waals surface area contributed by atoms with E-state index >= 15 is 0 Å². The van der Waals surface area contributed by atoms with E-state index in [1.54, 1.807) is 0 Å². The van der Waals surface area contributed by atoms with Gasteiger partial charge >= 0.3 is 0 Å². The molecular weight excluding hydrogens is 384 g/mol. The van der Waals surface area contributed by atoms with E-state index in [0.717, 1.165) is 36.8 Å². The molecular formula is C32H38. The smallest absolute Gasteiger partial charge is 0.0255 e. The van der Waals surface area contributed by atoms with E-state index < -0.39 is 0 Å². The van der Waals surface area contributed by atoms with Crippen molar-refractivity contribution in [3.63, 3.8) is 0 Å². The van der Waals surface area contributed by atoms with Crippen LogP contribution < -0.4 is 0 Å². The SMILES string of the molecule is CCCC/C=C/CCc1ccc(C#CC#Cc2ccc(CC/C=C/CCCC)cc2)cc1. The van der Waals surface area contributed by atoms with Gasteiger partial charge in [-0.15, -0.1) is 0 Å². The average Bonchev–Trinajstić information content (AvgIpc) is 2.83. The number of aryl methyl sites for hydroxylation is 2. The van der Waals surface area contributed by atoms with E-state index in [1.165, 1.54) is 49.7 Å². The third kappa shape index (κ3) is 11.4. The molecule has 0 atom stereocenters. The highest BCUT2D eigenvalue weighted by Crippen LogP contribution is 2.08. The highest BCUT2D eigenvalue weighted by Gasteiger charge is 1.93. The zero-order chi connectivity index (χ0) is 22.7. The fourth-order valence-electron chi connectivity index (χ4n) is 3.33. The van der Waals surface area contributed by atoms with Crippen molar-refractivity contribution in [3.05, 3.63) is 95.1 Å². The van der Waals surface area contributed by atoms with Crippen LogP contribution in [0.3, 0.4) is 0 Å². The Bertz CT molecular complexity index is 850. The molecule has 0 amide bonds. The van der Waals surface area contributed by atoms with Crippen molar-refractivity contribution in [1.82, 2.24) is 0 Å². The summed E-state index contributed by atoms with van der Waals surface area (Å²) in [6.45, 7) is 4.47. The lowest BCUT2D eigenvalue weighted by Crippen LogP contribution is -1.84. The Morgan fingerprint density at radius 3 is 1.28 bits per heavy atom. The predicted octanol–water partition coefficient (Wildman–Crippen LogP) is 8.45. The lowest BCUT2D eigenvalue weighted by Gasteiger charge is -1.98. The number of benzene rings is 2. The fourth-order valence-corrected chi connectivity index (χ4v) is 3.33. The Hall–Kier alpha value is -2.96. The minimum absolute atomic E-state index is 1.02. The summed E-state index contributed by atoms with van der Waals surface area (Å²) in [4.78, 5) is 0. The molecule has 2 rings (SSSR count). The van der Waals surface area contributed by atoms with Crippen LogP contribution in [-0.2, 0) is 12.8 Å². The van der Waals surface area contributed by atoms with Gasteiger partial charge in [0, 0.05) is 11.1 Å². The highest BCUT2D eigenvalue weighted by molar-refractivity contribution is 5.45. The van der Waals surface area contributed by atoms with Crippen molar-refractivity contribution in [2.45, 2.75) is 78.1 Å². The Labute approximate surface area is 196 Å². The van der Waals surface area contributed by atoms with E-state index in [-0.39, 0.29) is 0 Å². The van der Waals surface area contributed by atoms with Crippen LogP contribution in [0.1, 0.15) is 87.5 Å². The summed E-state index contributed by atoms with van der Waals surface area (Å²) in [7, 11) is 0. The minimum Gasteiger partial charge on any atom is -0.0885 e. The standard InChI is InChI=1S/C32H38/c1-3-5-7-9-11-13-17-29-21-25-31(26-22-29)19-15-16-20-32-27-23-30(24-28-32)18-14-12-10-8-6-4-2/h9-12,21-28H,3-8,13-14,17-18H2,1-2H3/b11-9+,12-10+. The first kappa shape index (κ1) is 25.3. The van der Waals surface area contributed by atoms with Crippen LogP contribution in [0.4, 0.5) is 0 Å².